The van der Waals surface area contributed by atoms with Gasteiger partial charge in [0.15, 0.2) is 0 Å². The third-order valence-electron chi connectivity index (χ3n) is 4.04. The standard InChI is InChI=1S/C16H18N2O2S3/c1-11(19)18-6-4-17(5-7-18)10-13-8-12(2-3-14(13)20)15-9-16(21)23-22-15/h2-3,8-9,20H,4-7,10H2,1H3. The van der Waals surface area contributed by atoms with Crippen LogP contribution in [-0.2, 0) is 11.3 Å². The Labute approximate surface area is 148 Å². The fourth-order valence-corrected chi connectivity index (χ4v) is 5.09. The van der Waals surface area contributed by atoms with Crippen LogP contribution in [0, 0.1) is 3.82 Å². The van der Waals surface area contributed by atoms with Crippen LogP contribution < -0.4 is 0 Å². The molecule has 1 fully saturated rings. The zero-order valence-corrected chi connectivity index (χ0v) is 15.3. The zero-order valence-electron chi connectivity index (χ0n) is 12.8. The number of phenolic OH excluding ortho intramolecular Hbond substituents is 1. The van der Waals surface area contributed by atoms with Crippen LogP contribution in [-0.4, -0.2) is 47.0 Å². The van der Waals surface area contributed by atoms with Crippen molar-refractivity contribution in [3.63, 3.8) is 0 Å². The second-order valence-electron chi connectivity index (χ2n) is 5.62. The van der Waals surface area contributed by atoms with E-state index in [2.05, 4.69) is 4.90 Å². The summed E-state index contributed by atoms with van der Waals surface area (Å²) in [7, 11) is 3.26. The van der Waals surface area contributed by atoms with Crippen molar-refractivity contribution in [2.24, 2.45) is 0 Å². The predicted octanol–water partition coefficient (Wildman–Crippen LogP) is 3.58. The van der Waals surface area contributed by atoms with Crippen LogP contribution >= 0.6 is 32.9 Å². The average molecular weight is 367 g/mol. The summed E-state index contributed by atoms with van der Waals surface area (Å²) in [6.45, 7) is 5.48. The van der Waals surface area contributed by atoms with Crippen molar-refractivity contribution < 1.29 is 9.90 Å². The van der Waals surface area contributed by atoms with Gasteiger partial charge in [0.25, 0.3) is 0 Å². The zero-order chi connectivity index (χ0) is 16.4. The van der Waals surface area contributed by atoms with Gasteiger partial charge in [-0.25, -0.2) is 0 Å². The van der Waals surface area contributed by atoms with Crippen molar-refractivity contribution in [2.75, 3.05) is 26.2 Å². The van der Waals surface area contributed by atoms with Crippen molar-refractivity contribution >= 4 is 38.8 Å². The molecule has 1 aliphatic rings. The van der Waals surface area contributed by atoms with Crippen LogP contribution in [0.15, 0.2) is 24.3 Å². The number of carbonyl (C=O) groups excluding carboxylic acids is 1. The first-order valence-electron chi connectivity index (χ1n) is 7.43. The molecule has 0 saturated carbocycles. The number of hydrogen-bond acceptors (Lipinski definition) is 6. The number of nitrogens with zero attached hydrogens (tertiary/aromatic N) is 2. The second-order valence-corrected chi connectivity index (χ2v) is 8.53. The van der Waals surface area contributed by atoms with Gasteiger partial charge >= 0.3 is 0 Å². The molecule has 1 amide bonds. The van der Waals surface area contributed by atoms with Crippen LogP contribution in [0.4, 0.5) is 0 Å². The number of piperazine rings is 1. The van der Waals surface area contributed by atoms with E-state index < -0.39 is 0 Å². The van der Waals surface area contributed by atoms with Crippen molar-refractivity contribution in [3.8, 4) is 16.2 Å². The first-order valence-corrected chi connectivity index (χ1v) is 9.99. The number of aromatic hydroxyl groups is 1. The molecule has 3 rings (SSSR count). The molecule has 4 nitrogen and oxygen atoms in total. The SMILES string of the molecule is CC(=O)N1CCN(Cc2cc(-c3cc(=S)ss3)ccc2O)CC1. The van der Waals surface area contributed by atoms with Crippen LogP contribution in [0.2, 0.25) is 0 Å². The molecule has 1 aliphatic heterocycles. The van der Waals surface area contributed by atoms with E-state index in [1.165, 1.54) is 0 Å². The van der Waals surface area contributed by atoms with E-state index in [1.807, 2.05) is 23.1 Å². The van der Waals surface area contributed by atoms with Crippen LogP contribution in [0.25, 0.3) is 10.4 Å². The van der Waals surface area contributed by atoms with Gasteiger partial charge in [-0.1, -0.05) is 32.9 Å². The number of amides is 1. The summed E-state index contributed by atoms with van der Waals surface area (Å²) in [4.78, 5) is 16.7. The molecule has 2 aromatic rings. The highest BCUT2D eigenvalue weighted by atomic mass is 32.9. The highest BCUT2D eigenvalue weighted by Crippen LogP contribution is 2.32. The van der Waals surface area contributed by atoms with Gasteiger partial charge in [0.05, 0.1) is 0 Å². The first-order chi connectivity index (χ1) is 11.0. The smallest absolute Gasteiger partial charge is 0.219 e. The maximum Gasteiger partial charge on any atom is 0.219 e. The molecule has 1 aromatic heterocycles. The van der Waals surface area contributed by atoms with Gasteiger partial charge < -0.3 is 10.0 Å². The molecular weight excluding hydrogens is 348 g/mol. The van der Waals surface area contributed by atoms with Crippen LogP contribution in [0.5, 0.6) is 5.75 Å². The topological polar surface area (TPSA) is 43.8 Å². The van der Waals surface area contributed by atoms with Gasteiger partial charge in [-0.2, -0.15) is 0 Å². The summed E-state index contributed by atoms with van der Waals surface area (Å²) in [6.07, 6.45) is 0. The van der Waals surface area contributed by atoms with Gasteiger partial charge in [-0.15, -0.1) is 0 Å². The number of phenols is 1. The Kier molecular flexibility index (Phi) is 5.11. The molecule has 122 valence electrons. The summed E-state index contributed by atoms with van der Waals surface area (Å²) in [5.74, 6) is 0.453. The molecule has 1 saturated heterocycles. The third-order valence-corrected chi connectivity index (χ3v) is 6.95. The van der Waals surface area contributed by atoms with E-state index in [1.54, 1.807) is 33.7 Å². The quantitative estimate of drug-likeness (QED) is 0.666. The molecule has 1 N–H and O–H groups in total. The highest BCUT2D eigenvalue weighted by molar-refractivity contribution is 7.80. The van der Waals surface area contributed by atoms with E-state index in [-0.39, 0.29) is 5.91 Å². The minimum absolute atomic E-state index is 0.133. The number of carbonyl (C=O) groups is 1. The molecule has 23 heavy (non-hydrogen) atoms. The van der Waals surface area contributed by atoms with Gasteiger partial charge in [-0.3, -0.25) is 9.69 Å². The predicted molar refractivity (Wildman–Crippen MR) is 97.7 cm³/mol. The molecule has 7 heteroatoms. The Morgan fingerprint density at radius 3 is 2.57 bits per heavy atom. The Balaban J connectivity index is 1.73. The lowest BCUT2D eigenvalue weighted by atomic mass is 10.1. The summed E-state index contributed by atoms with van der Waals surface area (Å²) < 4.78 is 0.889. The maximum absolute atomic E-state index is 11.4. The lowest BCUT2D eigenvalue weighted by molar-refractivity contribution is -0.130. The normalized spacial score (nSPS) is 15.8. The van der Waals surface area contributed by atoms with Gasteiger partial charge in [0, 0.05) is 50.1 Å². The number of benzene rings is 1. The van der Waals surface area contributed by atoms with Crippen molar-refractivity contribution in [1.29, 1.82) is 0 Å². The largest absolute Gasteiger partial charge is 0.508 e. The molecule has 0 unspecified atom stereocenters. The lowest BCUT2D eigenvalue weighted by Crippen LogP contribution is -2.47. The van der Waals surface area contributed by atoms with E-state index in [0.717, 1.165) is 46.0 Å². The fourth-order valence-electron chi connectivity index (χ4n) is 2.70. The Morgan fingerprint density at radius 1 is 1.22 bits per heavy atom. The first kappa shape index (κ1) is 16.6. The molecule has 0 spiro atoms. The maximum atomic E-state index is 11.4. The molecule has 1 aromatic carbocycles. The van der Waals surface area contributed by atoms with Gasteiger partial charge in [0.2, 0.25) is 5.91 Å². The lowest BCUT2D eigenvalue weighted by Gasteiger charge is -2.34. The van der Waals surface area contributed by atoms with E-state index in [0.29, 0.717) is 12.3 Å². The van der Waals surface area contributed by atoms with E-state index >= 15 is 0 Å². The molecule has 2 heterocycles. The molecule has 0 aliphatic carbocycles. The monoisotopic (exact) mass is 366 g/mol. The van der Waals surface area contributed by atoms with Crippen LogP contribution in [0.1, 0.15) is 12.5 Å². The fraction of sp³-hybridized carbons (Fsp3) is 0.375. The molecule has 0 bridgehead atoms. The Morgan fingerprint density at radius 2 is 1.96 bits per heavy atom. The van der Waals surface area contributed by atoms with E-state index in [4.69, 9.17) is 12.2 Å². The molecule has 0 radical (unpaired) electrons. The highest BCUT2D eigenvalue weighted by Gasteiger charge is 2.19. The number of rotatable bonds is 3. The number of hydrogen-bond donors (Lipinski definition) is 1. The summed E-state index contributed by atoms with van der Waals surface area (Å²) in [5.41, 5.74) is 2.01. The van der Waals surface area contributed by atoms with E-state index in [9.17, 15) is 9.90 Å². The summed E-state index contributed by atoms with van der Waals surface area (Å²) >= 11 is 5.19. The van der Waals surface area contributed by atoms with Crippen LogP contribution in [0.3, 0.4) is 0 Å². The summed E-state index contributed by atoms with van der Waals surface area (Å²) in [5, 5.41) is 10.2. The van der Waals surface area contributed by atoms with Gasteiger partial charge in [0.1, 0.15) is 9.57 Å². The summed E-state index contributed by atoms with van der Waals surface area (Å²) in [6, 6.07) is 7.73. The third kappa shape index (κ3) is 3.98. The van der Waals surface area contributed by atoms with Crippen molar-refractivity contribution in [3.05, 3.63) is 33.7 Å². The Bertz CT molecular complexity index is 761. The molecule has 0 atom stereocenters. The second kappa shape index (κ2) is 7.09. The molecular formula is C16H18N2O2S3. The van der Waals surface area contributed by atoms with Gasteiger partial charge in [-0.05, 0) is 29.8 Å². The minimum Gasteiger partial charge on any atom is -0.508 e. The van der Waals surface area contributed by atoms with Crippen molar-refractivity contribution in [2.45, 2.75) is 13.5 Å². The Hall–Kier alpha value is -1.28. The minimum atomic E-state index is 0.133. The average Bonchev–Trinajstić information content (AvgIpc) is 2.96. The van der Waals surface area contributed by atoms with Crippen molar-refractivity contribution in [1.82, 2.24) is 9.80 Å².